The van der Waals surface area contributed by atoms with Gasteiger partial charge in [-0.1, -0.05) is 47.5 Å². The number of fused-ring (bicyclic) bond motifs is 1. The minimum atomic E-state index is -0.220. The number of carbonyl (C=O) groups is 1. The Labute approximate surface area is 177 Å². The first kappa shape index (κ1) is 19.8. The molecule has 1 amide bonds. The average Bonchev–Trinajstić information content (AvgIpc) is 3.15. The number of carbonyl (C=O) groups excluding carboxylic acids is 1. The molecule has 2 heterocycles. The van der Waals surface area contributed by atoms with Crippen molar-refractivity contribution in [2.75, 3.05) is 6.54 Å². The summed E-state index contributed by atoms with van der Waals surface area (Å²) in [5.41, 5.74) is 3.04. The maximum absolute atomic E-state index is 12.8. The van der Waals surface area contributed by atoms with Gasteiger partial charge in [0.05, 0.1) is 19.3 Å². The highest BCUT2D eigenvalue weighted by Gasteiger charge is 2.11. The van der Waals surface area contributed by atoms with Crippen molar-refractivity contribution in [3.05, 3.63) is 93.1 Å². The van der Waals surface area contributed by atoms with Gasteiger partial charge in [-0.3, -0.25) is 14.2 Å². The maximum atomic E-state index is 12.8. The van der Waals surface area contributed by atoms with Gasteiger partial charge in [0.25, 0.3) is 11.5 Å². The highest BCUT2D eigenvalue weighted by molar-refractivity contribution is 6.30. The van der Waals surface area contributed by atoms with E-state index >= 15 is 0 Å². The molecule has 0 aliphatic carbocycles. The summed E-state index contributed by atoms with van der Waals surface area (Å²) in [6, 6.07) is 14.8. The van der Waals surface area contributed by atoms with Crippen LogP contribution in [0.4, 0.5) is 0 Å². The minimum Gasteiger partial charge on any atom is -0.350 e. The lowest BCUT2D eigenvalue weighted by molar-refractivity contribution is 0.0952. The number of hydrogen-bond acceptors (Lipinski definition) is 4. The van der Waals surface area contributed by atoms with Crippen LogP contribution in [0.25, 0.3) is 11.0 Å². The van der Waals surface area contributed by atoms with Gasteiger partial charge in [-0.25, -0.2) is 9.67 Å². The quantitative estimate of drug-likeness (QED) is 0.518. The molecule has 4 aromatic rings. The molecule has 0 saturated heterocycles. The van der Waals surface area contributed by atoms with E-state index in [-0.39, 0.29) is 11.5 Å². The zero-order valence-corrected chi connectivity index (χ0v) is 17.1. The van der Waals surface area contributed by atoms with Crippen LogP contribution < -0.4 is 10.9 Å². The lowest BCUT2D eigenvalue weighted by Crippen LogP contribution is -2.27. The molecule has 0 saturated carbocycles. The molecule has 7 nitrogen and oxygen atoms in total. The molecule has 0 radical (unpaired) electrons. The third-order valence-electron chi connectivity index (χ3n) is 4.79. The summed E-state index contributed by atoms with van der Waals surface area (Å²) in [6.45, 7) is 3.21. The minimum absolute atomic E-state index is 0.144. The van der Waals surface area contributed by atoms with Gasteiger partial charge in [-0.2, -0.15) is 5.10 Å². The van der Waals surface area contributed by atoms with Crippen molar-refractivity contribution in [2.45, 2.75) is 20.0 Å². The lowest BCUT2D eigenvalue weighted by Gasteiger charge is -2.08. The summed E-state index contributed by atoms with van der Waals surface area (Å²) in [7, 11) is 0. The largest absolute Gasteiger partial charge is 0.350 e. The zero-order valence-electron chi connectivity index (χ0n) is 16.4. The normalized spacial score (nSPS) is 11.0. The van der Waals surface area contributed by atoms with Crippen molar-refractivity contribution in [2.24, 2.45) is 0 Å². The van der Waals surface area contributed by atoms with Gasteiger partial charge < -0.3 is 5.32 Å². The second-order valence-electron chi connectivity index (χ2n) is 7.03. The fourth-order valence-electron chi connectivity index (χ4n) is 3.17. The average molecular weight is 422 g/mol. The number of amides is 1. The first-order chi connectivity index (χ1) is 14.5. The monoisotopic (exact) mass is 421 g/mol. The molecule has 0 atom stereocenters. The van der Waals surface area contributed by atoms with Gasteiger partial charge >= 0.3 is 0 Å². The molecule has 2 aromatic heterocycles. The van der Waals surface area contributed by atoms with Crippen molar-refractivity contribution in [1.29, 1.82) is 0 Å². The standard InChI is InChI=1S/C22H20ClN5O2/c1-15-5-7-16(8-6-15)13-27-14-25-20-19(22(27)30)12-26-28(20)10-9-24-21(29)17-3-2-4-18(23)11-17/h2-8,11-12,14H,9-10,13H2,1H3,(H,24,29). The highest BCUT2D eigenvalue weighted by atomic mass is 35.5. The fourth-order valence-corrected chi connectivity index (χ4v) is 3.36. The van der Waals surface area contributed by atoms with Gasteiger partial charge in [0, 0.05) is 17.1 Å². The number of nitrogens with one attached hydrogen (secondary N) is 1. The number of benzene rings is 2. The topological polar surface area (TPSA) is 81.8 Å². The van der Waals surface area contributed by atoms with E-state index in [9.17, 15) is 9.59 Å². The molecule has 0 spiro atoms. The molecule has 2 aromatic carbocycles. The first-order valence-electron chi connectivity index (χ1n) is 9.51. The molecule has 1 N–H and O–H groups in total. The molecule has 0 unspecified atom stereocenters. The van der Waals surface area contributed by atoms with Gasteiger partial charge in [-0.05, 0) is 30.7 Å². The summed E-state index contributed by atoms with van der Waals surface area (Å²) in [5.74, 6) is -0.220. The van der Waals surface area contributed by atoms with Crippen LogP contribution in [0.2, 0.25) is 5.02 Å². The van der Waals surface area contributed by atoms with Crippen molar-refractivity contribution in [1.82, 2.24) is 24.6 Å². The Morgan fingerprint density at radius 1 is 1.17 bits per heavy atom. The molecule has 152 valence electrons. The first-order valence-corrected chi connectivity index (χ1v) is 9.89. The molecular formula is C22H20ClN5O2. The van der Waals surface area contributed by atoms with Crippen LogP contribution >= 0.6 is 11.6 Å². The number of nitrogens with zero attached hydrogens (tertiary/aromatic N) is 4. The Morgan fingerprint density at radius 3 is 2.73 bits per heavy atom. The molecule has 8 heteroatoms. The third-order valence-corrected chi connectivity index (χ3v) is 5.03. The number of rotatable bonds is 6. The predicted molar refractivity (Wildman–Crippen MR) is 116 cm³/mol. The Bertz CT molecular complexity index is 1260. The fraction of sp³-hybridized carbons (Fsp3) is 0.182. The Hall–Kier alpha value is -3.45. The van der Waals surface area contributed by atoms with Crippen molar-refractivity contribution in [3.63, 3.8) is 0 Å². The SMILES string of the molecule is Cc1ccc(Cn2cnc3c(cnn3CCNC(=O)c3cccc(Cl)c3)c2=O)cc1. The summed E-state index contributed by atoms with van der Waals surface area (Å²) in [4.78, 5) is 29.4. The smallest absolute Gasteiger partial charge is 0.264 e. The second-order valence-corrected chi connectivity index (χ2v) is 7.47. The van der Waals surface area contributed by atoms with E-state index in [1.165, 1.54) is 18.1 Å². The number of hydrogen-bond donors (Lipinski definition) is 1. The van der Waals surface area contributed by atoms with Crippen molar-refractivity contribution in [3.8, 4) is 0 Å². The van der Waals surface area contributed by atoms with Crippen LogP contribution in [0.5, 0.6) is 0 Å². The lowest BCUT2D eigenvalue weighted by atomic mass is 10.1. The number of aromatic nitrogens is 4. The van der Waals surface area contributed by atoms with Crippen LogP contribution in [0.1, 0.15) is 21.5 Å². The Balaban J connectivity index is 1.45. The van der Waals surface area contributed by atoms with E-state index < -0.39 is 0 Å². The molecule has 0 fully saturated rings. The number of halogens is 1. The molecular weight excluding hydrogens is 402 g/mol. The van der Waals surface area contributed by atoms with E-state index in [0.717, 1.165) is 5.56 Å². The van der Waals surface area contributed by atoms with E-state index in [0.29, 0.717) is 41.3 Å². The van der Waals surface area contributed by atoms with E-state index in [1.807, 2.05) is 31.2 Å². The van der Waals surface area contributed by atoms with Crippen molar-refractivity contribution < 1.29 is 4.79 Å². The van der Waals surface area contributed by atoms with Gasteiger partial charge in [0.15, 0.2) is 5.65 Å². The number of aryl methyl sites for hydroxylation is 1. The van der Waals surface area contributed by atoms with Crippen LogP contribution in [0.15, 0.2) is 65.8 Å². The molecule has 0 bridgehead atoms. The van der Waals surface area contributed by atoms with Crippen LogP contribution in [0, 0.1) is 6.92 Å². The molecule has 30 heavy (non-hydrogen) atoms. The van der Waals surface area contributed by atoms with Crippen LogP contribution in [-0.2, 0) is 13.1 Å². The third kappa shape index (κ3) is 4.26. The van der Waals surface area contributed by atoms with E-state index in [2.05, 4.69) is 15.4 Å². The summed E-state index contributed by atoms with van der Waals surface area (Å²) in [5, 5.41) is 8.05. The predicted octanol–water partition coefficient (Wildman–Crippen LogP) is 3.03. The summed E-state index contributed by atoms with van der Waals surface area (Å²) >= 11 is 5.92. The molecule has 0 aliphatic rings. The van der Waals surface area contributed by atoms with Gasteiger partial charge in [0.1, 0.15) is 11.7 Å². The highest BCUT2D eigenvalue weighted by Crippen LogP contribution is 2.11. The maximum Gasteiger partial charge on any atom is 0.264 e. The summed E-state index contributed by atoms with van der Waals surface area (Å²) in [6.07, 6.45) is 3.06. The van der Waals surface area contributed by atoms with Crippen molar-refractivity contribution >= 4 is 28.5 Å². The Morgan fingerprint density at radius 2 is 1.97 bits per heavy atom. The van der Waals surface area contributed by atoms with Crippen LogP contribution in [-0.4, -0.2) is 31.8 Å². The second kappa shape index (κ2) is 8.51. The summed E-state index contributed by atoms with van der Waals surface area (Å²) < 4.78 is 3.19. The van der Waals surface area contributed by atoms with Crippen LogP contribution in [0.3, 0.4) is 0 Å². The Kier molecular flexibility index (Phi) is 5.63. The molecule has 0 aliphatic heterocycles. The van der Waals surface area contributed by atoms with Gasteiger partial charge in [0.2, 0.25) is 0 Å². The zero-order chi connectivity index (χ0) is 21.1. The van der Waals surface area contributed by atoms with E-state index in [1.54, 1.807) is 33.5 Å². The van der Waals surface area contributed by atoms with E-state index in [4.69, 9.17) is 11.6 Å². The molecule has 4 rings (SSSR count). The van der Waals surface area contributed by atoms with Gasteiger partial charge in [-0.15, -0.1) is 0 Å².